The zero-order chi connectivity index (χ0) is 13.2. The molecule has 18 heavy (non-hydrogen) atoms. The van der Waals surface area contributed by atoms with Crippen molar-refractivity contribution in [3.05, 3.63) is 54.1 Å². The molecular formula is C12H11F3N2O. The van der Waals surface area contributed by atoms with E-state index in [0.717, 1.165) is 12.1 Å². The minimum atomic E-state index is -4.35. The molecule has 1 aromatic heterocycles. The molecule has 0 aliphatic heterocycles. The van der Waals surface area contributed by atoms with E-state index in [2.05, 4.69) is 4.98 Å². The average molecular weight is 256 g/mol. The van der Waals surface area contributed by atoms with Crippen molar-refractivity contribution >= 4 is 0 Å². The Balaban J connectivity index is 2.10. The summed E-state index contributed by atoms with van der Waals surface area (Å²) in [5.74, 6) is 0. The SMILES string of the molecule is OC(Cn1ccnc1)c1ccc(C(F)(F)F)cc1. The van der Waals surface area contributed by atoms with E-state index in [4.69, 9.17) is 0 Å². The Labute approximate surface area is 102 Å². The highest BCUT2D eigenvalue weighted by molar-refractivity contribution is 5.25. The third-order valence-electron chi connectivity index (χ3n) is 2.57. The van der Waals surface area contributed by atoms with Crippen LogP contribution in [-0.2, 0) is 12.7 Å². The standard InChI is InChI=1S/C12H11F3N2O/c13-12(14,15)10-3-1-9(2-4-10)11(18)7-17-6-5-16-8-17/h1-6,8,11,18H,7H2. The predicted molar refractivity (Wildman–Crippen MR) is 58.6 cm³/mol. The van der Waals surface area contributed by atoms with Crippen molar-refractivity contribution in [3.8, 4) is 0 Å². The summed E-state index contributed by atoms with van der Waals surface area (Å²) < 4.78 is 38.7. The fourth-order valence-electron chi connectivity index (χ4n) is 1.59. The molecule has 1 atom stereocenters. The lowest BCUT2D eigenvalue weighted by Gasteiger charge is -2.13. The van der Waals surface area contributed by atoms with Crippen LogP contribution in [0.5, 0.6) is 0 Å². The van der Waals surface area contributed by atoms with Crippen LogP contribution in [0, 0.1) is 0 Å². The number of alkyl halides is 3. The van der Waals surface area contributed by atoms with Gasteiger partial charge in [-0.2, -0.15) is 13.2 Å². The van der Waals surface area contributed by atoms with Crippen LogP contribution in [0.25, 0.3) is 0 Å². The number of hydrogen-bond acceptors (Lipinski definition) is 2. The number of aromatic nitrogens is 2. The van der Waals surface area contributed by atoms with Gasteiger partial charge in [0.15, 0.2) is 0 Å². The van der Waals surface area contributed by atoms with E-state index in [-0.39, 0.29) is 6.54 Å². The van der Waals surface area contributed by atoms with Crippen LogP contribution in [0.3, 0.4) is 0 Å². The number of nitrogens with zero attached hydrogens (tertiary/aromatic N) is 2. The largest absolute Gasteiger partial charge is 0.416 e. The van der Waals surface area contributed by atoms with E-state index in [0.29, 0.717) is 5.56 Å². The predicted octanol–water partition coefficient (Wildman–Crippen LogP) is 2.64. The van der Waals surface area contributed by atoms with Gasteiger partial charge >= 0.3 is 6.18 Å². The number of aliphatic hydroxyl groups excluding tert-OH is 1. The van der Waals surface area contributed by atoms with Gasteiger partial charge in [-0.1, -0.05) is 12.1 Å². The third-order valence-corrected chi connectivity index (χ3v) is 2.57. The van der Waals surface area contributed by atoms with Gasteiger partial charge in [0.1, 0.15) is 0 Å². The number of benzene rings is 1. The molecule has 96 valence electrons. The van der Waals surface area contributed by atoms with E-state index in [1.165, 1.54) is 18.5 Å². The summed E-state index contributed by atoms with van der Waals surface area (Å²) in [5.41, 5.74) is -0.280. The molecule has 0 saturated carbocycles. The molecule has 0 fully saturated rings. The van der Waals surface area contributed by atoms with E-state index in [1.54, 1.807) is 17.0 Å². The Morgan fingerprint density at radius 2 is 1.89 bits per heavy atom. The van der Waals surface area contributed by atoms with Gasteiger partial charge in [-0.15, -0.1) is 0 Å². The first kappa shape index (κ1) is 12.6. The Kier molecular flexibility index (Phi) is 3.38. The van der Waals surface area contributed by atoms with Crippen LogP contribution in [0.4, 0.5) is 13.2 Å². The van der Waals surface area contributed by atoms with Gasteiger partial charge in [-0.05, 0) is 17.7 Å². The molecule has 0 aliphatic carbocycles. The molecule has 0 aliphatic rings. The Morgan fingerprint density at radius 3 is 2.39 bits per heavy atom. The smallest absolute Gasteiger partial charge is 0.387 e. The molecule has 1 unspecified atom stereocenters. The van der Waals surface area contributed by atoms with Crippen LogP contribution in [0.2, 0.25) is 0 Å². The molecule has 3 nitrogen and oxygen atoms in total. The van der Waals surface area contributed by atoms with Crippen LogP contribution in [-0.4, -0.2) is 14.7 Å². The van der Waals surface area contributed by atoms with Gasteiger partial charge in [0, 0.05) is 12.4 Å². The molecule has 1 heterocycles. The van der Waals surface area contributed by atoms with Gasteiger partial charge in [-0.25, -0.2) is 4.98 Å². The Morgan fingerprint density at radius 1 is 1.22 bits per heavy atom. The Bertz CT molecular complexity index is 491. The van der Waals surface area contributed by atoms with Crippen molar-refractivity contribution in [2.24, 2.45) is 0 Å². The van der Waals surface area contributed by atoms with Crippen LogP contribution in [0.1, 0.15) is 17.2 Å². The maximum atomic E-state index is 12.4. The minimum Gasteiger partial charge on any atom is -0.387 e. The summed E-state index contributed by atoms with van der Waals surface area (Å²) in [7, 11) is 0. The fourth-order valence-corrected chi connectivity index (χ4v) is 1.59. The lowest BCUT2D eigenvalue weighted by atomic mass is 10.1. The fraction of sp³-hybridized carbons (Fsp3) is 0.250. The molecule has 0 bridgehead atoms. The second kappa shape index (κ2) is 4.81. The lowest BCUT2D eigenvalue weighted by Crippen LogP contribution is -2.09. The molecule has 0 spiro atoms. The number of imidazole rings is 1. The second-order valence-corrected chi connectivity index (χ2v) is 3.90. The molecular weight excluding hydrogens is 245 g/mol. The Hall–Kier alpha value is -1.82. The van der Waals surface area contributed by atoms with Gasteiger partial charge in [0.25, 0.3) is 0 Å². The monoisotopic (exact) mass is 256 g/mol. The highest BCUT2D eigenvalue weighted by Gasteiger charge is 2.30. The quantitative estimate of drug-likeness (QED) is 0.916. The number of halogens is 3. The first-order valence-corrected chi connectivity index (χ1v) is 5.28. The summed E-state index contributed by atoms with van der Waals surface area (Å²) in [6.07, 6.45) is -0.435. The summed E-state index contributed by atoms with van der Waals surface area (Å²) in [6, 6.07) is 4.49. The normalized spacial score (nSPS) is 13.6. The van der Waals surface area contributed by atoms with Gasteiger partial charge in [0.05, 0.1) is 24.5 Å². The molecule has 0 amide bonds. The van der Waals surface area contributed by atoms with Crippen molar-refractivity contribution < 1.29 is 18.3 Å². The van der Waals surface area contributed by atoms with E-state index >= 15 is 0 Å². The average Bonchev–Trinajstić information content (AvgIpc) is 2.81. The van der Waals surface area contributed by atoms with Crippen LogP contribution < -0.4 is 0 Å². The first-order valence-electron chi connectivity index (χ1n) is 5.28. The maximum Gasteiger partial charge on any atom is 0.416 e. The number of aliphatic hydroxyl groups is 1. The highest BCUT2D eigenvalue weighted by Crippen LogP contribution is 2.30. The van der Waals surface area contributed by atoms with Gasteiger partial charge < -0.3 is 9.67 Å². The summed E-state index contributed by atoms with van der Waals surface area (Å²) >= 11 is 0. The highest BCUT2D eigenvalue weighted by atomic mass is 19.4. The van der Waals surface area contributed by atoms with Crippen molar-refractivity contribution in [2.75, 3.05) is 0 Å². The summed E-state index contributed by atoms with van der Waals surface area (Å²) in [4.78, 5) is 3.82. The molecule has 0 radical (unpaired) electrons. The molecule has 2 aromatic rings. The number of hydrogen-bond donors (Lipinski definition) is 1. The molecule has 0 saturated heterocycles. The zero-order valence-corrected chi connectivity index (χ0v) is 9.30. The second-order valence-electron chi connectivity index (χ2n) is 3.90. The van der Waals surface area contributed by atoms with Crippen molar-refractivity contribution in [2.45, 2.75) is 18.8 Å². The van der Waals surface area contributed by atoms with Gasteiger partial charge in [-0.3, -0.25) is 0 Å². The van der Waals surface area contributed by atoms with Crippen molar-refractivity contribution in [1.29, 1.82) is 0 Å². The van der Waals surface area contributed by atoms with Crippen LogP contribution >= 0.6 is 0 Å². The first-order chi connectivity index (χ1) is 8.47. The summed E-state index contributed by atoms with van der Waals surface area (Å²) in [5, 5.41) is 9.86. The minimum absolute atomic E-state index is 0.255. The topological polar surface area (TPSA) is 38.0 Å². The maximum absolute atomic E-state index is 12.4. The zero-order valence-electron chi connectivity index (χ0n) is 9.30. The van der Waals surface area contributed by atoms with Gasteiger partial charge in [0.2, 0.25) is 0 Å². The lowest BCUT2D eigenvalue weighted by molar-refractivity contribution is -0.137. The van der Waals surface area contributed by atoms with Crippen molar-refractivity contribution in [1.82, 2.24) is 9.55 Å². The van der Waals surface area contributed by atoms with Crippen molar-refractivity contribution in [3.63, 3.8) is 0 Å². The third kappa shape index (κ3) is 2.89. The van der Waals surface area contributed by atoms with E-state index in [1.807, 2.05) is 0 Å². The van der Waals surface area contributed by atoms with E-state index < -0.39 is 17.8 Å². The molecule has 2 rings (SSSR count). The molecule has 1 N–H and O–H groups in total. The van der Waals surface area contributed by atoms with Crippen LogP contribution in [0.15, 0.2) is 43.0 Å². The molecule has 6 heteroatoms. The number of rotatable bonds is 3. The molecule has 1 aromatic carbocycles. The summed E-state index contributed by atoms with van der Waals surface area (Å²) in [6.45, 7) is 0.255. The van der Waals surface area contributed by atoms with E-state index in [9.17, 15) is 18.3 Å².